The minimum Gasteiger partial charge on any atom is -0.481 e. The first kappa shape index (κ1) is 14.0. The van der Waals surface area contributed by atoms with Crippen LogP contribution in [0.2, 0.25) is 0 Å². The number of carbonyl (C=O) groups is 1. The van der Waals surface area contributed by atoms with Gasteiger partial charge in [-0.05, 0) is 27.9 Å². The molecule has 0 saturated carbocycles. The van der Waals surface area contributed by atoms with Crippen molar-refractivity contribution < 1.29 is 9.90 Å². The highest BCUT2D eigenvalue weighted by Crippen LogP contribution is 2.19. The van der Waals surface area contributed by atoms with E-state index >= 15 is 0 Å². The second-order valence-electron chi connectivity index (χ2n) is 4.63. The maximum atomic E-state index is 10.5. The van der Waals surface area contributed by atoms with E-state index in [4.69, 9.17) is 5.11 Å². The van der Waals surface area contributed by atoms with Gasteiger partial charge >= 0.3 is 5.97 Å². The summed E-state index contributed by atoms with van der Waals surface area (Å²) in [7, 11) is 4.02. The average Bonchev–Trinajstić information content (AvgIpc) is 2.61. The van der Waals surface area contributed by atoms with Gasteiger partial charge in [0.15, 0.2) is 5.16 Å². The Morgan fingerprint density at radius 1 is 1.59 bits per heavy atom. The summed E-state index contributed by atoms with van der Waals surface area (Å²) in [4.78, 5) is 12.6. The Balaban J connectivity index is 2.72. The number of aliphatic carboxylic acids is 1. The third kappa shape index (κ3) is 4.01. The van der Waals surface area contributed by atoms with Crippen LogP contribution in [0.25, 0.3) is 0 Å². The molecule has 0 saturated heterocycles. The zero-order valence-corrected chi connectivity index (χ0v) is 11.4. The lowest BCUT2D eigenvalue weighted by molar-refractivity contribution is -0.133. The first-order chi connectivity index (χ1) is 7.83. The maximum Gasteiger partial charge on any atom is 0.313 e. The molecule has 0 spiro atoms. The normalized spacial score (nSPS) is 12.1. The zero-order valence-electron chi connectivity index (χ0n) is 10.5. The van der Waals surface area contributed by atoms with E-state index < -0.39 is 5.97 Å². The maximum absolute atomic E-state index is 10.5. The number of aromatic nitrogens is 3. The van der Waals surface area contributed by atoms with Crippen LogP contribution >= 0.6 is 11.8 Å². The van der Waals surface area contributed by atoms with Crippen LogP contribution in [0.5, 0.6) is 0 Å². The van der Waals surface area contributed by atoms with Crippen molar-refractivity contribution >= 4 is 17.7 Å². The highest BCUT2D eigenvalue weighted by molar-refractivity contribution is 7.99. The molecule has 1 heterocycles. The van der Waals surface area contributed by atoms with E-state index in [-0.39, 0.29) is 11.3 Å². The average molecular weight is 258 g/mol. The molecule has 7 heteroatoms. The quantitative estimate of drug-likeness (QED) is 0.761. The van der Waals surface area contributed by atoms with Crippen molar-refractivity contribution in [2.45, 2.75) is 31.1 Å². The predicted molar refractivity (Wildman–Crippen MR) is 66.1 cm³/mol. The fraction of sp³-hybridized carbons (Fsp3) is 0.700. The molecule has 0 unspecified atom stereocenters. The van der Waals surface area contributed by atoms with E-state index in [0.717, 1.165) is 6.54 Å². The van der Waals surface area contributed by atoms with Crippen molar-refractivity contribution in [1.82, 2.24) is 19.7 Å². The van der Waals surface area contributed by atoms with E-state index in [0.29, 0.717) is 5.16 Å². The van der Waals surface area contributed by atoms with Crippen LogP contribution in [0, 0.1) is 0 Å². The molecule has 0 aromatic carbocycles. The van der Waals surface area contributed by atoms with Crippen LogP contribution < -0.4 is 0 Å². The van der Waals surface area contributed by atoms with Gasteiger partial charge in [0.25, 0.3) is 0 Å². The second kappa shape index (κ2) is 5.50. The summed E-state index contributed by atoms with van der Waals surface area (Å²) < 4.78 is 1.88. The summed E-state index contributed by atoms with van der Waals surface area (Å²) in [5.74, 6) is -0.849. The third-order valence-electron chi connectivity index (χ3n) is 2.67. The molecule has 0 amide bonds. The largest absolute Gasteiger partial charge is 0.481 e. The molecule has 1 N–H and O–H groups in total. The Morgan fingerprint density at radius 3 is 2.76 bits per heavy atom. The van der Waals surface area contributed by atoms with Gasteiger partial charge in [-0.1, -0.05) is 11.8 Å². The molecule has 96 valence electrons. The lowest BCUT2D eigenvalue weighted by Crippen LogP contribution is -2.42. The highest BCUT2D eigenvalue weighted by Gasteiger charge is 2.22. The molecule has 0 aliphatic rings. The van der Waals surface area contributed by atoms with Crippen LogP contribution in [-0.2, 0) is 11.3 Å². The molecule has 0 radical (unpaired) electrons. The number of likely N-dealkylation sites (N-methyl/N-ethyl adjacent to an activating group) is 1. The standard InChI is InChI=1S/C10H18N4O2S/c1-10(2,13(3)4)6-14-7-11-12-9(14)17-5-8(15)16/h7H,5-6H2,1-4H3,(H,15,16). The monoisotopic (exact) mass is 258 g/mol. The summed E-state index contributed by atoms with van der Waals surface area (Å²) in [6, 6.07) is 0. The first-order valence-corrected chi connectivity index (χ1v) is 6.21. The lowest BCUT2D eigenvalue weighted by atomic mass is 10.0. The second-order valence-corrected chi connectivity index (χ2v) is 5.57. The number of carboxylic acids is 1. The van der Waals surface area contributed by atoms with E-state index in [1.807, 2.05) is 18.7 Å². The molecule has 0 aliphatic carbocycles. The summed E-state index contributed by atoms with van der Waals surface area (Å²) in [5.41, 5.74) is -0.0408. The van der Waals surface area contributed by atoms with Gasteiger partial charge in [-0.3, -0.25) is 4.79 Å². The van der Waals surface area contributed by atoms with Crippen molar-refractivity contribution in [3.8, 4) is 0 Å². The Morgan fingerprint density at radius 2 is 2.24 bits per heavy atom. The van der Waals surface area contributed by atoms with Crippen LogP contribution in [0.3, 0.4) is 0 Å². The van der Waals surface area contributed by atoms with Crippen molar-refractivity contribution in [1.29, 1.82) is 0 Å². The molecule has 17 heavy (non-hydrogen) atoms. The number of hydrogen-bond acceptors (Lipinski definition) is 5. The Kier molecular flexibility index (Phi) is 4.53. The molecular formula is C10H18N4O2S. The fourth-order valence-electron chi connectivity index (χ4n) is 1.15. The highest BCUT2D eigenvalue weighted by atomic mass is 32.2. The van der Waals surface area contributed by atoms with E-state index in [1.165, 1.54) is 11.8 Å². The molecule has 1 aromatic rings. The molecule has 1 aromatic heterocycles. The van der Waals surface area contributed by atoms with Crippen molar-refractivity contribution in [3.05, 3.63) is 6.33 Å². The number of rotatable bonds is 6. The van der Waals surface area contributed by atoms with Gasteiger partial charge in [0, 0.05) is 12.1 Å². The van der Waals surface area contributed by atoms with E-state index in [1.54, 1.807) is 6.33 Å². The topological polar surface area (TPSA) is 71.2 Å². The van der Waals surface area contributed by atoms with E-state index in [9.17, 15) is 4.79 Å². The SMILES string of the molecule is CN(C)C(C)(C)Cn1cnnc1SCC(=O)O. The Bertz CT molecular complexity index is 389. The fourth-order valence-corrected chi connectivity index (χ4v) is 1.78. The predicted octanol–water partition coefficient (Wildman–Crippen LogP) is 0.795. The van der Waals surface area contributed by atoms with Crippen LogP contribution in [-0.4, -0.2) is 56.1 Å². The number of carboxylic acid groups (broad SMARTS) is 1. The van der Waals surface area contributed by atoms with Crippen LogP contribution in [0.4, 0.5) is 0 Å². The minimum absolute atomic E-state index is 0.00108. The van der Waals surface area contributed by atoms with Gasteiger partial charge in [-0.25, -0.2) is 0 Å². The molecule has 6 nitrogen and oxygen atoms in total. The van der Waals surface area contributed by atoms with E-state index in [2.05, 4.69) is 28.9 Å². The first-order valence-electron chi connectivity index (χ1n) is 5.23. The smallest absolute Gasteiger partial charge is 0.313 e. The van der Waals surface area contributed by atoms with Gasteiger partial charge < -0.3 is 14.6 Å². The number of nitrogens with zero attached hydrogens (tertiary/aromatic N) is 4. The van der Waals surface area contributed by atoms with Gasteiger partial charge in [-0.15, -0.1) is 10.2 Å². The summed E-state index contributed by atoms with van der Waals surface area (Å²) in [6.07, 6.45) is 1.63. The molecule has 0 aliphatic heterocycles. The molecule has 0 fully saturated rings. The lowest BCUT2D eigenvalue weighted by Gasteiger charge is -2.32. The summed E-state index contributed by atoms with van der Waals surface area (Å²) in [5, 5.41) is 17.0. The zero-order chi connectivity index (χ0) is 13.1. The minimum atomic E-state index is -0.851. The van der Waals surface area contributed by atoms with Gasteiger partial charge in [0.2, 0.25) is 0 Å². The van der Waals surface area contributed by atoms with Crippen molar-refractivity contribution in [2.75, 3.05) is 19.8 Å². The Hall–Kier alpha value is -1.08. The van der Waals surface area contributed by atoms with Crippen LogP contribution in [0.15, 0.2) is 11.5 Å². The summed E-state index contributed by atoms with van der Waals surface area (Å²) >= 11 is 1.19. The van der Waals surface area contributed by atoms with Crippen LogP contribution in [0.1, 0.15) is 13.8 Å². The van der Waals surface area contributed by atoms with Gasteiger partial charge in [0.1, 0.15) is 6.33 Å². The molecule has 0 bridgehead atoms. The third-order valence-corrected chi connectivity index (χ3v) is 3.64. The van der Waals surface area contributed by atoms with Crippen molar-refractivity contribution in [3.63, 3.8) is 0 Å². The van der Waals surface area contributed by atoms with Crippen molar-refractivity contribution in [2.24, 2.45) is 0 Å². The van der Waals surface area contributed by atoms with Gasteiger partial charge in [-0.2, -0.15) is 0 Å². The van der Waals surface area contributed by atoms with Gasteiger partial charge in [0.05, 0.1) is 5.75 Å². The number of hydrogen-bond donors (Lipinski definition) is 1. The Labute approximate surface area is 105 Å². The summed E-state index contributed by atoms with van der Waals surface area (Å²) in [6.45, 7) is 4.94. The number of thioether (sulfide) groups is 1. The molecule has 1 rings (SSSR count). The molecule has 0 atom stereocenters. The molecular weight excluding hydrogens is 240 g/mol.